The maximum absolute atomic E-state index is 9.34. The first kappa shape index (κ1) is 15.2. The van der Waals surface area contributed by atoms with Gasteiger partial charge in [-0.25, -0.2) is 6.57 Å². The number of hydrogen-bond donors (Lipinski definition) is 2. The second-order valence-corrected chi connectivity index (χ2v) is 5.62. The highest BCUT2D eigenvalue weighted by atomic mass is 16.4. The van der Waals surface area contributed by atoms with Gasteiger partial charge in [0, 0.05) is 19.4 Å². The van der Waals surface area contributed by atoms with Crippen molar-refractivity contribution in [1.29, 1.82) is 5.26 Å². The van der Waals surface area contributed by atoms with Gasteiger partial charge in [0.15, 0.2) is 0 Å². The average molecular weight is 256 g/mol. The fourth-order valence-corrected chi connectivity index (χ4v) is 1.64. The fraction of sp³-hybridized carbons (Fsp3) is 0.429. The summed E-state index contributed by atoms with van der Waals surface area (Å²) in [6, 6.07) is 7.16. The van der Waals surface area contributed by atoms with Gasteiger partial charge in [-0.05, 0) is 30.9 Å². The molecule has 0 radical (unpaired) electrons. The third-order valence-corrected chi connectivity index (χ3v) is 3.24. The Balaban J connectivity index is 3.54. The Morgan fingerprint density at radius 3 is 2.11 bits per heavy atom. The van der Waals surface area contributed by atoms with E-state index in [-0.39, 0.29) is 0 Å². The Bertz CT molecular complexity index is 522. The van der Waals surface area contributed by atoms with Gasteiger partial charge in [-0.1, -0.05) is 12.1 Å². The molecule has 4 nitrogen and oxygen atoms in total. The molecule has 0 atom stereocenters. The van der Waals surface area contributed by atoms with Gasteiger partial charge in [-0.2, -0.15) is 5.26 Å². The largest absolute Gasteiger partial charge is 0.488 e. The van der Waals surface area contributed by atoms with Gasteiger partial charge < -0.3 is 14.9 Å². The molecule has 0 spiro atoms. The van der Waals surface area contributed by atoms with Crippen molar-refractivity contribution in [1.82, 2.24) is 0 Å². The maximum atomic E-state index is 9.34. The van der Waals surface area contributed by atoms with Crippen molar-refractivity contribution >= 4 is 12.6 Å². The molecule has 0 aliphatic heterocycles. The molecule has 0 bridgehead atoms. The van der Waals surface area contributed by atoms with Crippen LogP contribution in [0.3, 0.4) is 0 Å². The Morgan fingerprint density at radius 2 is 1.68 bits per heavy atom. The molecule has 19 heavy (non-hydrogen) atoms. The van der Waals surface area contributed by atoms with Crippen LogP contribution in [0, 0.1) is 17.9 Å². The van der Waals surface area contributed by atoms with Gasteiger partial charge in [0.25, 0.3) is 5.54 Å². The summed E-state index contributed by atoms with van der Waals surface area (Å²) in [5.74, 6) is 0. The number of rotatable bonds is 3. The molecule has 0 saturated carbocycles. The first-order chi connectivity index (χ1) is 8.64. The molecule has 0 aromatic heterocycles. The van der Waals surface area contributed by atoms with Crippen LogP contribution in [0.15, 0.2) is 18.2 Å². The van der Waals surface area contributed by atoms with Crippen LogP contribution in [-0.4, -0.2) is 17.2 Å². The first-order valence-electron chi connectivity index (χ1n) is 5.96. The van der Waals surface area contributed by atoms with Crippen LogP contribution >= 0.6 is 0 Å². The molecule has 0 saturated heterocycles. The van der Waals surface area contributed by atoms with Crippen molar-refractivity contribution in [3.8, 4) is 6.07 Å². The summed E-state index contributed by atoms with van der Waals surface area (Å²) in [6.07, 6.45) is 0. The lowest BCUT2D eigenvalue weighted by molar-refractivity contribution is 0.425. The molecule has 98 valence electrons. The zero-order chi connectivity index (χ0) is 14.8. The number of nitriles is 1. The zero-order valence-electron chi connectivity index (χ0n) is 11.6. The minimum atomic E-state index is -1.62. The molecular weight excluding hydrogens is 239 g/mol. The summed E-state index contributed by atoms with van der Waals surface area (Å²) in [5.41, 5.74) is 0.120. The van der Waals surface area contributed by atoms with Gasteiger partial charge in [-0.3, -0.25) is 0 Å². The highest BCUT2D eigenvalue weighted by Crippen LogP contribution is 2.29. The van der Waals surface area contributed by atoms with Crippen LogP contribution in [-0.2, 0) is 11.0 Å². The molecule has 0 aliphatic rings. The summed E-state index contributed by atoms with van der Waals surface area (Å²) in [7, 11) is -1.62. The smallest absolute Gasteiger partial charge is 0.423 e. The molecule has 2 N–H and O–H groups in total. The molecule has 1 rings (SSSR count). The lowest BCUT2D eigenvalue weighted by atomic mass is 9.73. The van der Waals surface area contributed by atoms with E-state index >= 15 is 0 Å². The van der Waals surface area contributed by atoms with E-state index in [9.17, 15) is 15.3 Å². The lowest BCUT2D eigenvalue weighted by Crippen LogP contribution is -2.33. The topological polar surface area (TPSA) is 68.6 Å². The predicted molar refractivity (Wildman–Crippen MR) is 74.5 cm³/mol. The van der Waals surface area contributed by atoms with E-state index in [4.69, 9.17) is 6.57 Å². The first-order valence-corrected chi connectivity index (χ1v) is 5.96. The predicted octanol–water partition coefficient (Wildman–Crippen LogP) is 1.32. The van der Waals surface area contributed by atoms with E-state index < -0.39 is 18.1 Å². The normalized spacial score (nSPS) is 11.6. The van der Waals surface area contributed by atoms with Crippen molar-refractivity contribution in [3.63, 3.8) is 0 Å². The van der Waals surface area contributed by atoms with Gasteiger partial charge in [0.1, 0.15) is 0 Å². The zero-order valence-corrected chi connectivity index (χ0v) is 11.6. The summed E-state index contributed by atoms with van der Waals surface area (Å²) < 4.78 is 0. The SMILES string of the molecule is [C-]#[N+]C(C)(C)c1cc(B(O)O)cc(C(C)(C)C#N)c1. The van der Waals surface area contributed by atoms with E-state index in [0.717, 1.165) is 0 Å². The number of nitrogens with zero attached hydrogens (tertiary/aromatic N) is 2. The molecule has 0 aliphatic carbocycles. The van der Waals surface area contributed by atoms with Crippen molar-refractivity contribution in [2.45, 2.75) is 38.6 Å². The average Bonchev–Trinajstić information content (AvgIpc) is 2.38. The Labute approximate surface area is 114 Å². The minimum absolute atomic E-state index is 0.299. The Morgan fingerprint density at radius 1 is 1.16 bits per heavy atom. The minimum Gasteiger partial charge on any atom is -0.423 e. The van der Waals surface area contributed by atoms with Crippen LogP contribution in [0.25, 0.3) is 4.85 Å². The summed E-state index contributed by atoms with van der Waals surface area (Å²) >= 11 is 0. The van der Waals surface area contributed by atoms with E-state index in [1.807, 2.05) is 0 Å². The molecular formula is C14H17BN2O2. The fourth-order valence-electron chi connectivity index (χ4n) is 1.64. The van der Waals surface area contributed by atoms with Crippen LogP contribution in [0.5, 0.6) is 0 Å². The van der Waals surface area contributed by atoms with Crippen molar-refractivity contribution < 1.29 is 10.0 Å². The standard InChI is InChI=1S/C14H17BN2O2/c1-13(2,9-16)10-6-11(14(3,4)17-5)8-12(7-10)15(18)19/h6-8,18-19H,1-4H3. The molecule has 0 unspecified atom stereocenters. The van der Waals surface area contributed by atoms with Gasteiger partial charge >= 0.3 is 7.12 Å². The van der Waals surface area contributed by atoms with Gasteiger partial charge in [0.2, 0.25) is 0 Å². The third kappa shape index (κ3) is 3.14. The van der Waals surface area contributed by atoms with E-state index in [2.05, 4.69) is 10.9 Å². The number of benzene rings is 1. The molecule has 1 aromatic rings. The molecule has 0 heterocycles. The van der Waals surface area contributed by atoms with Crippen LogP contribution in [0.2, 0.25) is 0 Å². The maximum Gasteiger partial charge on any atom is 0.488 e. The Hall–Kier alpha value is -1.82. The third-order valence-electron chi connectivity index (χ3n) is 3.24. The number of hydrogen-bond acceptors (Lipinski definition) is 3. The van der Waals surface area contributed by atoms with Crippen LogP contribution < -0.4 is 5.46 Å². The Kier molecular flexibility index (Phi) is 4.05. The van der Waals surface area contributed by atoms with Crippen molar-refractivity contribution in [2.75, 3.05) is 0 Å². The van der Waals surface area contributed by atoms with Gasteiger partial charge in [0.05, 0.1) is 11.5 Å². The summed E-state index contributed by atoms with van der Waals surface area (Å²) in [5, 5.41) is 27.9. The van der Waals surface area contributed by atoms with Crippen molar-refractivity contribution in [2.24, 2.45) is 0 Å². The monoisotopic (exact) mass is 256 g/mol. The second kappa shape index (κ2) is 5.05. The van der Waals surface area contributed by atoms with Crippen LogP contribution in [0.4, 0.5) is 0 Å². The summed E-state index contributed by atoms with van der Waals surface area (Å²) in [6.45, 7) is 14.2. The molecule has 0 fully saturated rings. The summed E-state index contributed by atoms with van der Waals surface area (Å²) in [4.78, 5) is 3.54. The highest BCUT2D eigenvalue weighted by molar-refractivity contribution is 6.58. The quantitative estimate of drug-likeness (QED) is 0.633. The lowest BCUT2D eigenvalue weighted by Gasteiger charge is -2.21. The van der Waals surface area contributed by atoms with E-state index in [0.29, 0.717) is 16.6 Å². The van der Waals surface area contributed by atoms with Crippen molar-refractivity contribution in [3.05, 3.63) is 40.7 Å². The van der Waals surface area contributed by atoms with E-state index in [1.165, 1.54) is 0 Å². The molecule has 5 heteroatoms. The highest BCUT2D eigenvalue weighted by Gasteiger charge is 2.31. The van der Waals surface area contributed by atoms with Gasteiger partial charge in [-0.15, -0.1) is 0 Å². The molecule has 1 aromatic carbocycles. The van der Waals surface area contributed by atoms with E-state index in [1.54, 1.807) is 45.9 Å². The molecule has 0 amide bonds. The van der Waals surface area contributed by atoms with Crippen LogP contribution in [0.1, 0.15) is 38.8 Å². The second-order valence-electron chi connectivity index (χ2n) is 5.62.